The van der Waals surface area contributed by atoms with Crippen LogP contribution in [0.4, 0.5) is 13.2 Å². The number of benzene rings is 1. The van der Waals surface area contributed by atoms with E-state index < -0.39 is 24.0 Å². The van der Waals surface area contributed by atoms with Crippen molar-refractivity contribution in [3.05, 3.63) is 41.7 Å². The van der Waals surface area contributed by atoms with Gasteiger partial charge in [-0.3, -0.25) is 4.79 Å². The van der Waals surface area contributed by atoms with Gasteiger partial charge in [0.2, 0.25) is 0 Å². The highest BCUT2D eigenvalue weighted by molar-refractivity contribution is 6.02. The quantitative estimate of drug-likeness (QED) is 0.646. The summed E-state index contributed by atoms with van der Waals surface area (Å²) in [6.07, 6.45) is -2.03. The molecule has 132 valence electrons. The predicted octanol–water partition coefficient (Wildman–Crippen LogP) is 2.06. The van der Waals surface area contributed by atoms with Crippen LogP contribution in [-0.4, -0.2) is 28.0 Å². The maximum absolute atomic E-state index is 12.6. The number of carbonyl (C=O) groups is 1. The van der Waals surface area contributed by atoms with Crippen LogP contribution < -0.4 is 16.2 Å². The van der Waals surface area contributed by atoms with Crippen LogP contribution >= 0.6 is 0 Å². The van der Waals surface area contributed by atoms with Gasteiger partial charge in [0.25, 0.3) is 5.91 Å². The van der Waals surface area contributed by atoms with Gasteiger partial charge in [-0.1, -0.05) is 12.1 Å². The van der Waals surface area contributed by atoms with Crippen molar-refractivity contribution >= 4 is 11.9 Å². The van der Waals surface area contributed by atoms with E-state index in [2.05, 4.69) is 14.8 Å². The number of alkyl halides is 3. The molecule has 0 unspecified atom stereocenters. The van der Waals surface area contributed by atoms with Crippen LogP contribution in [0.5, 0.6) is 5.75 Å². The predicted molar refractivity (Wildman–Crippen MR) is 82.4 cm³/mol. The first-order chi connectivity index (χ1) is 11.8. The molecule has 1 aliphatic carbocycles. The average Bonchev–Trinajstić information content (AvgIpc) is 3.24. The topological polar surface area (TPSA) is 109 Å². The zero-order valence-corrected chi connectivity index (χ0v) is 12.8. The van der Waals surface area contributed by atoms with Gasteiger partial charge in [-0.05, 0) is 25.0 Å². The van der Waals surface area contributed by atoms with Crippen LogP contribution in [-0.2, 0) is 0 Å². The molecule has 1 aromatic carbocycles. The van der Waals surface area contributed by atoms with Crippen LogP contribution in [0.1, 0.15) is 34.8 Å². The number of para-hydroxylation sites is 2. The number of nitrogens with two attached hydrogens (primary N) is 2. The fraction of sp³-hybridized carbons (Fsp3) is 0.267. The molecule has 0 radical (unpaired) electrons. The van der Waals surface area contributed by atoms with E-state index in [1.165, 1.54) is 29.1 Å². The normalized spacial score (nSPS) is 14.2. The van der Waals surface area contributed by atoms with Crippen LogP contribution in [0.3, 0.4) is 0 Å². The van der Waals surface area contributed by atoms with E-state index in [1.807, 2.05) is 0 Å². The molecule has 7 nitrogen and oxygen atoms in total. The number of nitrogens with zero attached hydrogens (tertiary/aromatic N) is 3. The van der Waals surface area contributed by atoms with Crippen LogP contribution in [0.25, 0.3) is 5.69 Å². The minimum Gasteiger partial charge on any atom is -0.403 e. The number of carbonyl (C=O) groups excluding carboxylic acids is 1. The molecule has 1 heterocycles. The van der Waals surface area contributed by atoms with E-state index >= 15 is 0 Å². The van der Waals surface area contributed by atoms with Crippen molar-refractivity contribution in [1.82, 2.24) is 9.78 Å². The van der Waals surface area contributed by atoms with Gasteiger partial charge >= 0.3 is 6.36 Å². The summed E-state index contributed by atoms with van der Waals surface area (Å²) in [5.41, 5.74) is 11.1. The fourth-order valence-corrected chi connectivity index (χ4v) is 2.48. The zero-order chi connectivity index (χ0) is 18.2. The van der Waals surface area contributed by atoms with Crippen molar-refractivity contribution in [2.75, 3.05) is 0 Å². The Balaban J connectivity index is 2.09. The first-order valence-electron chi connectivity index (χ1n) is 7.33. The SMILES string of the molecule is NC(N)=NC(=O)c1cnn(-c2ccccc2OC(F)(F)F)c1C1CC1. The molecule has 0 saturated heterocycles. The van der Waals surface area contributed by atoms with E-state index in [9.17, 15) is 18.0 Å². The van der Waals surface area contributed by atoms with Crippen molar-refractivity contribution in [2.24, 2.45) is 16.5 Å². The summed E-state index contributed by atoms with van der Waals surface area (Å²) in [4.78, 5) is 15.6. The van der Waals surface area contributed by atoms with E-state index in [-0.39, 0.29) is 17.2 Å². The van der Waals surface area contributed by atoms with Crippen molar-refractivity contribution in [2.45, 2.75) is 25.1 Å². The van der Waals surface area contributed by atoms with Crippen LogP contribution in [0.15, 0.2) is 35.5 Å². The van der Waals surface area contributed by atoms with E-state index in [0.29, 0.717) is 5.69 Å². The first-order valence-corrected chi connectivity index (χ1v) is 7.33. The van der Waals surface area contributed by atoms with Gasteiger partial charge in [-0.25, -0.2) is 4.68 Å². The van der Waals surface area contributed by atoms with Gasteiger partial charge in [-0.15, -0.1) is 13.2 Å². The minimum absolute atomic E-state index is 0.00501. The lowest BCUT2D eigenvalue weighted by Crippen LogP contribution is -2.24. The minimum atomic E-state index is -4.85. The number of ether oxygens (including phenoxy) is 1. The molecule has 0 aliphatic heterocycles. The maximum Gasteiger partial charge on any atom is 0.573 e. The summed E-state index contributed by atoms with van der Waals surface area (Å²) >= 11 is 0. The van der Waals surface area contributed by atoms with E-state index in [4.69, 9.17) is 11.5 Å². The Morgan fingerprint density at radius 3 is 2.56 bits per heavy atom. The molecule has 0 atom stereocenters. The van der Waals surface area contributed by atoms with Gasteiger partial charge in [-0.2, -0.15) is 10.1 Å². The number of guanidine groups is 1. The molecule has 1 saturated carbocycles. The maximum atomic E-state index is 12.6. The van der Waals surface area contributed by atoms with Crippen molar-refractivity contribution in [1.29, 1.82) is 0 Å². The second-order valence-corrected chi connectivity index (χ2v) is 5.49. The third kappa shape index (κ3) is 3.73. The largest absolute Gasteiger partial charge is 0.573 e. The molecule has 2 aromatic rings. The Kier molecular flexibility index (Phi) is 4.11. The van der Waals surface area contributed by atoms with Crippen molar-refractivity contribution in [3.63, 3.8) is 0 Å². The molecule has 0 bridgehead atoms. The Bertz CT molecular complexity index is 836. The summed E-state index contributed by atoms with van der Waals surface area (Å²) in [6.45, 7) is 0. The zero-order valence-electron chi connectivity index (χ0n) is 12.8. The summed E-state index contributed by atoms with van der Waals surface area (Å²) in [6, 6.07) is 5.57. The number of hydrogen-bond acceptors (Lipinski definition) is 3. The summed E-state index contributed by atoms with van der Waals surface area (Å²) in [7, 11) is 0. The number of hydrogen-bond donors (Lipinski definition) is 2. The van der Waals surface area contributed by atoms with E-state index in [1.54, 1.807) is 6.07 Å². The molecule has 1 amide bonds. The van der Waals surface area contributed by atoms with Gasteiger partial charge in [0.05, 0.1) is 17.5 Å². The lowest BCUT2D eigenvalue weighted by atomic mass is 10.1. The molecule has 4 N–H and O–H groups in total. The molecule has 1 fully saturated rings. The Morgan fingerprint density at radius 1 is 1.28 bits per heavy atom. The number of aliphatic imine (C=N–C) groups is 1. The molecular formula is C15H14F3N5O2. The Labute approximate surface area is 140 Å². The van der Waals surface area contributed by atoms with Crippen LogP contribution in [0, 0.1) is 0 Å². The molecule has 1 aromatic heterocycles. The smallest absolute Gasteiger partial charge is 0.403 e. The molecule has 3 rings (SSSR count). The van der Waals surface area contributed by atoms with Crippen molar-refractivity contribution < 1.29 is 22.7 Å². The summed E-state index contributed by atoms with van der Waals surface area (Å²) in [5, 5.41) is 4.06. The first kappa shape index (κ1) is 16.8. The average molecular weight is 353 g/mol. The lowest BCUT2D eigenvalue weighted by Gasteiger charge is -2.15. The Morgan fingerprint density at radius 2 is 1.96 bits per heavy atom. The highest BCUT2D eigenvalue weighted by Crippen LogP contribution is 2.43. The molecule has 10 heteroatoms. The second kappa shape index (κ2) is 6.11. The number of halogens is 3. The number of rotatable bonds is 4. The van der Waals surface area contributed by atoms with Gasteiger partial charge in [0.15, 0.2) is 11.7 Å². The highest BCUT2D eigenvalue weighted by Gasteiger charge is 2.35. The summed E-state index contributed by atoms with van der Waals surface area (Å²) in [5.74, 6) is -1.52. The van der Waals surface area contributed by atoms with Crippen LogP contribution in [0.2, 0.25) is 0 Å². The number of aromatic nitrogens is 2. The standard InChI is InChI=1S/C15H14F3N5O2/c16-15(17,18)25-11-4-2-1-3-10(11)23-12(8-5-6-8)9(7-21-23)13(24)22-14(19)20/h1-4,7-8H,5-6H2,(H4,19,20,22,24). The molecule has 0 spiro atoms. The van der Waals surface area contributed by atoms with Gasteiger partial charge in [0.1, 0.15) is 5.69 Å². The third-order valence-electron chi connectivity index (χ3n) is 3.55. The van der Waals surface area contributed by atoms with Crippen molar-refractivity contribution in [3.8, 4) is 11.4 Å². The fourth-order valence-electron chi connectivity index (χ4n) is 2.48. The third-order valence-corrected chi connectivity index (χ3v) is 3.55. The monoisotopic (exact) mass is 353 g/mol. The molecular weight excluding hydrogens is 339 g/mol. The summed E-state index contributed by atoms with van der Waals surface area (Å²) < 4.78 is 43.2. The lowest BCUT2D eigenvalue weighted by molar-refractivity contribution is -0.274. The Hall–Kier alpha value is -3.04. The molecule has 25 heavy (non-hydrogen) atoms. The molecule has 1 aliphatic rings. The van der Waals surface area contributed by atoms with Gasteiger partial charge < -0.3 is 16.2 Å². The van der Waals surface area contributed by atoms with Gasteiger partial charge in [0, 0.05) is 5.92 Å². The second-order valence-electron chi connectivity index (χ2n) is 5.49. The number of amides is 1. The highest BCUT2D eigenvalue weighted by atomic mass is 19.4. The van der Waals surface area contributed by atoms with E-state index in [0.717, 1.165) is 12.8 Å².